The second kappa shape index (κ2) is 9.28. The quantitative estimate of drug-likeness (QED) is 0.274. The van der Waals surface area contributed by atoms with E-state index in [0.717, 1.165) is 4.90 Å². The molecule has 1 saturated carbocycles. The molecule has 3 aliphatic rings. The molecule has 0 unspecified atom stereocenters. The van der Waals surface area contributed by atoms with Crippen molar-refractivity contribution in [2.45, 2.75) is 77.1 Å². The van der Waals surface area contributed by atoms with E-state index in [9.17, 15) is 37.1 Å². The van der Waals surface area contributed by atoms with Crippen molar-refractivity contribution in [2.75, 3.05) is 13.1 Å². The molecule has 2 aliphatic heterocycles. The zero-order valence-electron chi connectivity index (χ0n) is 20.4. The van der Waals surface area contributed by atoms with Gasteiger partial charge in [-0.1, -0.05) is 6.92 Å². The highest BCUT2D eigenvalue weighted by atomic mass is 19.4. The van der Waals surface area contributed by atoms with Crippen LogP contribution in [0.3, 0.4) is 0 Å². The number of imide groups is 3. The number of nitrogens with two attached hydrogens (primary N) is 2. The highest BCUT2D eigenvalue weighted by Gasteiger charge is 2.51. The van der Waals surface area contributed by atoms with Gasteiger partial charge in [0.25, 0.3) is 17.7 Å². The fourth-order valence-corrected chi connectivity index (χ4v) is 4.92. The minimum atomic E-state index is -4.47. The number of amides is 7. The average molecular weight is 517 g/mol. The van der Waals surface area contributed by atoms with Gasteiger partial charge in [-0.25, -0.2) is 9.59 Å². The number of urea groups is 2. The molecule has 0 spiro atoms. The van der Waals surface area contributed by atoms with Crippen LogP contribution in [0.2, 0.25) is 0 Å². The lowest BCUT2D eigenvalue weighted by Crippen LogP contribution is -2.61. The summed E-state index contributed by atoms with van der Waals surface area (Å²) in [5, 5.41) is 2.30. The van der Waals surface area contributed by atoms with Crippen LogP contribution in [0.4, 0.5) is 22.8 Å². The highest BCUT2D eigenvalue weighted by Crippen LogP contribution is 2.41. The molecule has 0 aromatic carbocycles. The van der Waals surface area contributed by atoms with Gasteiger partial charge >= 0.3 is 18.2 Å². The third-order valence-corrected chi connectivity index (χ3v) is 7.22. The predicted molar refractivity (Wildman–Crippen MR) is 119 cm³/mol. The number of nitrogens with zero attached hydrogens (tertiary/aromatic N) is 3. The normalized spacial score (nSPS) is 27.2. The number of hydrogen-bond acceptors (Lipinski definition) is 7. The molecule has 14 heteroatoms. The summed E-state index contributed by atoms with van der Waals surface area (Å²) in [6.45, 7) is 4.95. The van der Waals surface area contributed by atoms with Crippen LogP contribution in [0.1, 0.15) is 59.3 Å². The molecule has 0 aromatic heterocycles. The van der Waals surface area contributed by atoms with Gasteiger partial charge in [0.05, 0.1) is 0 Å². The van der Waals surface area contributed by atoms with Crippen LogP contribution < -0.4 is 16.8 Å². The molecule has 0 bridgehead atoms. The molecule has 2 heterocycles. The summed E-state index contributed by atoms with van der Waals surface area (Å²) in [7, 11) is 0. The summed E-state index contributed by atoms with van der Waals surface area (Å²) >= 11 is 0. The van der Waals surface area contributed by atoms with Gasteiger partial charge in [0.1, 0.15) is 16.9 Å². The molecular weight excluding hydrogens is 485 g/mol. The molecule has 0 atom stereocenters. The number of halogens is 3. The van der Waals surface area contributed by atoms with Crippen LogP contribution in [0.15, 0.2) is 11.4 Å². The lowest BCUT2D eigenvalue weighted by atomic mass is 9.72. The van der Waals surface area contributed by atoms with Gasteiger partial charge in [-0.05, 0) is 51.4 Å². The highest BCUT2D eigenvalue weighted by molar-refractivity contribution is 6.29. The topological polar surface area (TPSA) is 159 Å². The maximum Gasteiger partial charge on any atom is 0.389 e. The minimum Gasteiger partial charge on any atom is -0.385 e. The second-order valence-corrected chi connectivity index (χ2v) is 10.4. The Bertz CT molecular complexity index is 1010. The van der Waals surface area contributed by atoms with Gasteiger partial charge in [0, 0.05) is 25.6 Å². The van der Waals surface area contributed by atoms with E-state index in [2.05, 4.69) is 5.32 Å². The van der Waals surface area contributed by atoms with E-state index in [1.807, 2.05) is 6.92 Å². The lowest BCUT2D eigenvalue weighted by molar-refractivity contribution is -0.142. The first-order valence-electron chi connectivity index (χ1n) is 11.6. The van der Waals surface area contributed by atoms with E-state index in [1.54, 1.807) is 13.8 Å². The zero-order valence-corrected chi connectivity index (χ0v) is 20.4. The van der Waals surface area contributed by atoms with Gasteiger partial charge in [-0.3, -0.25) is 29.5 Å². The number of carbonyl (C=O) groups excluding carboxylic acids is 5. The Kier molecular flexibility index (Phi) is 7.03. The van der Waals surface area contributed by atoms with Crippen molar-refractivity contribution >= 4 is 29.8 Å². The molecule has 11 nitrogen and oxygen atoms in total. The number of barbiturate groups is 1. The Morgan fingerprint density at radius 2 is 1.61 bits per heavy atom. The summed E-state index contributed by atoms with van der Waals surface area (Å²) in [5.74, 6) is -3.11. The summed E-state index contributed by atoms with van der Waals surface area (Å²) in [4.78, 5) is 66.1. The molecule has 3 fully saturated rings. The third kappa shape index (κ3) is 5.12. The Hall–Kier alpha value is -3.32. The first-order valence-corrected chi connectivity index (χ1v) is 11.6. The van der Waals surface area contributed by atoms with Crippen molar-refractivity contribution in [1.29, 1.82) is 0 Å². The van der Waals surface area contributed by atoms with Crippen molar-refractivity contribution in [3.63, 3.8) is 0 Å². The molecule has 3 rings (SSSR count). The van der Waals surface area contributed by atoms with E-state index < -0.39 is 83.7 Å². The van der Waals surface area contributed by atoms with Crippen molar-refractivity contribution in [1.82, 2.24) is 20.0 Å². The summed E-state index contributed by atoms with van der Waals surface area (Å²) in [6.07, 6.45) is -4.62. The van der Waals surface area contributed by atoms with Gasteiger partial charge < -0.3 is 16.4 Å². The fourth-order valence-electron chi connectivity index (χ4n) is 4.92. The molecule has 7 amide bonds. The monoisotopic (exact) mass is 516 g/mol. The van der Waals surface area contributed by atoms with Crippen LogP contribution in [-0.2, 0) is 14.4 Å². The molecule has 0 radical (unpaired) electrons. The van der Waals surface area contributed by atoms with Crippen LogP contribution in [-0.4, -0.2) is 75.3 Å². The Morgan fingerprint density at radius 1 is 1.03 bits per heavy atom. The maximum absolute atomic E-state index is 13.1. The van der Waals surface area contributed by atoms with Crippen LogP contribution in [0.5, 0.6) is 0 Å². The Morgan fingerprint density at radius 3 is 2.08 bits per heavy atom. The number of rotatable bonds is 6. The average Bonchev–Trinajstić information content (AvgIpc) is 2.92. The Balaban J connectivity index is 1.76. The van der Waals surface area contributed by atoms with Crippen molar-refractivity contribution < 1.29 is 37.1 Å². The van der Waals surface area contributed by atoms with E-state index >= 15 is 0 Å². The predicted octanol–water partition coefficient (Wildman–Crippen LogP) is 1.53. The molecule has 0 aromatic rings. The van der Waals surface area contributed by atoms with Crippen molar-refractivity contribution in [3.05, 3.63) is 11.4 Å². The SMILES string of the molecule is CC1(CN2C(=O)NC(=O)C2(C)C)CCC(N2C(=O)C(=C(N)N)C(=O)N(CCCC(F)(F)F)C2=O)CC1. The first-order chi connectivity index (χ1) is 16.5. The van der Waals surface area contributed by atoms with Gasteiger partial charge in [-0.2, -0.15) is 13.2 Å². The van der Waals surface area contributed by atoms with Gasteiger partial charge in [0.2, 0.25) is 0 Å². The number of carbonyl (C=O) groups is 5. The van der Waals surface area contributed by atoms with Crippen LogP contribution >= 0.6 is 0 Å². The Labute approximate surface area is 206 Å². The molecule has 5 N–H and O–H groups in total. The van der Waals surface area contributed by atoms with Crippen LogP contribution in [0.25, 0.3) is 0 Å². The van der Waals surface area contributed by atoms with Gasteiger partial charge in [-0.15, -0.1) is 0 Å². The van der Waals surface area contributed by atoms with Gasteiger partial charge in [0.15, 0.2) is 0 Å². The van der Waals surface area contributed by atoms with E-state index in [1.165, 1.54) is 4.90 Å². The summed E-state index contributed by atoms with van der Waals surface area (Å²) in [5.41, 5.74) is 8.98. The van der Waals surface area contributed by atoms with E-state index in [4.69, 9.17) is 11.5 Å². The van der Waals surface area contributed by atoms with E-state index in [0.29, 0.717) is 30.6 Å². The number of nitrogens with one attached hydrogen (secondary N) is 1. The number of hydrogen-bond donors (Lipinski definition) is 3. The summed E-state index contributed by atoms with van der Waals surface area (Å²) in [6, 6.07) is -2.14. The molecule has 2 saturated heterocycles. The lowest BCUT2D eigenvalue weighted by Gasteiger charge is -2.45. The molecule has 1 aliphatic carbocycles. The zero-order chi connectivity index (χ0) is 27.2. The largest absolute Gasteiger partial charge is 0.389 e. The summed E-state index contributed by atoms with van der Waals surface area (Å²) < 4.78 is 37.8. The molecular formula is C22H31F3N6O5. The fraction of sp³-hybridized carbons (Fsp3) is 0.682. The standard InChI is InChI=1S/C22H31F3N6O5/c1-20(2)17(34)28-18(35)30(20)11-21(3)8-5-12(6-9-21)31-16(33)13(14(26)27)15(32)29(19(31)36)10-4-7-22(23,24)25/h12H,4-11,26-27H2,1-3H3,(H,28,34,35). The molecule has 36 heavy (non-hydrogen) atoms. The molecule has 200 valence electrons. The van der Waals surface area contributed by atoms with Crippen molar-refractivity contribution in [3.8, 4) is 0 Å². The third-order valence-electron chi connectivity index (χ3n) is 7.22. The first kappa shape index (κ1) is 27.3. The second-order valence-electron chi connectivity index (χ2n) is 10.4. The maximum atomic E-state index is 13.1. The minimum absolute atomic E-state index is 0.273. The van der Waals surface area contributed by atoms with Crippen molar-refractivity contribution in [2.24, 2.45) is 16.9 Å². The number of alkyl halides is 3. The smallest absolute Gasteiger partial charge is 0.385 e. The van der Waals surface area contributed by atoms with Crippen LogP contribution in [0, 0.1) is 5.41 Å². The van der Waals surface area contributed by atoms with E-state index in [-0.39, 0.29) is 6.54 Å².